The Balaban J connectivity index is 0.00000264. The molecule has 7 heteroatoms. The Kier molecular flexibility index (Phi) is 10.3. The highest BCUT2D eigenvalue weighted by atomic mass is 127. The summed E-state index contributed by atoms with van der Waals surface area (Å²) in [5.74, 6) is 0.934. The first kappa shape index (κ1) is 20.2. The summed E-state index contributed by atoms with van der Waals surface area (Å²) in [6, 6.07) is 2.48. The van der Waals surface area contributed by atoms with Crippen molar-refractivity contribution in [3.63, 3.8) is 0 Å². The van der Waals surface area contributed by atoms with E-state index in [0.717, 1.165) is 25.6 Å². The van der Waals surface area contributed by atoms with Crippen LogP contribution in [0.2, 0.25) is 0 Å². The Morgan fingerprint density at radius 1 is 1.26 bits per heavy atom. The fourth-order valence-corrected chi connectivity index (χ4v) is 2.83. The first-order valence-electron chi connectivity index (χ1n) is 8.56. The van der Waals surface area contributed by atoms with Gasteiger partial charge in [0.15, 0.2) is 5.96 Å². The normalized spacial score (nSPS) is 16.9. The number of hydrogen-bond acceptors (Lipinski definition) is 3. The molecule has 1 aromatic rings. The number of piperidine rings is 1. The highest BCUT2D eigenvalue weighted by Crippen LogP contribution is 2.10. The van der Waals surface area contributed by atoms with Gasteiger partial charge in [-0.05, 0) is 38.8 Å². The molecule has 1 fully saturated rings. The number of nitrogens with zero attached hydrogens (tertiary/aromatic N) is 4. The van der Waals surface area contributed by atoms with Gasteiger partial charge in [-0.15, -0.1) is 24.0 Å². The molecule has 0 bridgehead atoms. The molecule has 1 saturated heterocycles. The van der Waals surface area contributed by atoms with Gasteiger partial charge >= 0.3 is 0 Å². The monoisotopic (exact) mass is 434 g/mol. The molecular weight excluding hydrogens is 403 g/mol. The number of aliphatic imine (C=N–C) groups is 1. The van der Waals surface area contributed by atoms with E-state index in [9.17, 15) is 0 Å². The van der Waals surface area contributed by atoms with E-state index >= 15 is 0 Å². The molecular formula is C16H31IN6. The average molecular weight is 434 g/mol. The first-order chi connectivity index (χ1) is 10.8. The third-order valence-corrected chi connectivity index (χ3v) is 3.97. The highest BCUT2D eigenvalue weighted by molar-refractivity contribution is 14.0. The Morgan fingerprint density at radius 2 is 2.04 bits per heavy atom. The maximum absolute atomic E-state index is 4.66. The van der Waals surface area contributed by atoms with Crippen LogP contribution >= 0.6 is 24.0 Å². The van der Waals surface area contributed by atoms with E-state index in [-0.39, 0.29) is 24.0 Å². The Morgan fingerprint density at radius 3 is 2.65 bits per heavy atom. The van der Waals surface area contributed by atoms with Gasteiger partial charge in [0, 0.05) is 38.1 Å². The quantitative estimate of drug-likeness (QED) is 0.391. The lowest BCUT2D eigenvalue weighted by molar-refractivity contribution is 0.206. The lowest BCUT2D eigenvalue weighted by Crippen LogP contribution is -2.48. The zero-order chi connectivity index (χ0) is 15.6. The van der Waals surface area contributed by atoms with E-state index in [2.05, 4.69) is 39.5 Å². The van der Waals surface area contributed by atoms with Crippen LogP contribution in [0.3, 0.4) is 0 Å². The number of guanidine groups is 1. The van der Waals surface area contributed by atoms with Gasteiger partial charge in [0.1, 0.15) is 0 Å². The van der Waals surface area contributed by atoms with Gasteiger partial charge in [0.25, 0.3) is 0 Å². The molecule has 2 N–H and O–H groups in total. The van der Waals surface area contributed by atoms with E-state index < -0.39 is 0 Å². The Labute approximate surface area is 157 Å². The van der Waals surface area contributed by atoms with Crippen LogP contribution in [0.5, 0.6) is 0 Å². The van der Waals surface area contributed by atoms with E-state index in [0.29, 0.717) is 6.04 Å². The number of rotatable bonds is 7. The number of aromatic nitrogens is 2. The number of likely N-dealkylation sites (tertiary alicyclic amines) is 1. The molecule has 23 heavy (non-hydrogen) atoms. The topological polar surface area (TPSA) is 57.5 Å². The summed E-state index contributed by atoms with van der Waals surface area (Å²) < 4.78 is 1.91. The maximum atomic E-state index is 4.66. The lowest BCUT2D eigenvalue weighted by Gasteiger charge is -2.32. The molecule has 1 aliphatic rings. The average Bonchev–Trinajstić information content (AvgIpc) is 3.03. The predicted octanol–water partition coefficient (Wildman–Crippen LogP) is 1.93. The van der Waals surface area contributed by atoms with Gasteiger partial charge in [-0.1, -0.05) is 6.92 Å². The third-order valence-electron chi connectivity index (χ3n) is 3.97. The maximum Gasteiger partial charge on any atom is 0.191 e. The van der Waals surface area contributed by atoms with Crippen molar-refractivity contribution in [2.45, 2.75) is 45.7 Å². The molecule has 0 unspecified atom stereocenters. The van der Waals surface area contributed by atoms with Gasteiger partial charge in [-0.3, -0.25) is 9.67 Å². The molecule has 0 saturated carbocycles. The van der Waals surface area contributed by atoms with Crippen LogP contribution in [0, 0.1) is 0 Å². The minimum absolute atomic E-state index is 0. The molecule has 0 radical (unpaired) electrons. The summed E-state index contributed by atoms with van der Waals surface area (Å²) in [6.07, 6.45) is 7.42. The third kappa shape index (κ3) is 7.52. The first-order valence-corrected chi connectivity index (χ1v) is 8.56. The lowest BCUT2D eigenvalue weighted by atomic mass is 10.1. The predicted molar refractivity (Wildman–Crippen MR) is 107 cm³/mol. The van der Waals surface area contributed by atoms with Crippen molar-refractivity contribution < 1.29 is 0 Å². The molecule has 6 nitrogen and oxygen atoms in total. The van der Waals surface area contributed by atoms with Crippen molar-refractivity contribution in [2.24, 2.45) is 4.99 Å². The molecule has 0 aromatic carbocycles. The van der Waals surface area contributed by atoms with Crippen LogP contribution < -0.4 is 10.6 Å². The number of halogens is 1. The zero-order valence-electron chi connectivity index (χ0n) is 14.4. The summed E-state index contributed by atoms with van der Waals surface area (Å²) >= 11 is 0. The minimum atomic E-state index is 0. The van der Waals surface area contributed by atoms with E-state index in [4.69, 9.17) is 0 Å². The van der Waals surface area contributed by atoms with Crippen molar-refractivity contribution in [3.05, 3.63) is 18.5 Å². The van der Waals surface area contributed by atoms with Crippen molar-refractivity contribution in [1.82, 2.24) is 25.3 Å². The van der Waals surface area contributed by atoms with Crippen LogP contribution in [0.25, 0.3) is 0 Å². The smallest absolute Gasteiger partial charge is 0.191 e. The van der Waals surface area contributed by atoms with Crippen molar-refractivity contribution >= 4 is 29.9 Å². The number of hydrogen-bond donors (Lipinski definition) is 2. The van der Waals surface area contributed by atoms with E-state index in [1.807, 2.05) is 16.9 Å². The van der Waals surface area contributed by atoms with Gasteiger partial charge < -0.3 is 15.5 Å². The summed E-state index contributed by atoms with van der Waals surface area (Å²) in [7, 11) is 0. The zero-order valence-corrected chi connectivity index (χ0v) is 16.7. The standard InChI is InChI=1S/C16H30N6.HI/c1-3-10-21-12-6-15(7-13-21)20-16(17-4-2)18-9-14-22-11-5-8-19-22;/h5,8,11,15H,3-4,6-7,9-10,12-14H2,1-2H3,(H2,17,18,20);1H. The van der Waals surface area contributed by atoms with Crippen LogP contribution in [-0.2, 0) is 6.54 Å². The Hall–Kier alpha value is -0.830. The summed E-state index contributed by atoms with van der Waals surface area (Å²) in [4.78, 5) is 7.21. The molecule has 132 valence electrons. The van der Waals surface area contributed by atoms with Gasteiger partial charge in [-0.25, -0.2) is 0 Å². The molecule has 1 aromatic heterocycles. The van der Waals surface area contributed by atoms with Crippen molar-refractivity contribution in [1.29, 1.82) is 0 Å². The van der Waals surface area contributed by atoms with Crippen LogP contribution in [0.15, 0.2) is 23.5 Å². The second kappa shape index (κ2) is 11.7. The summed E-state index contributed by atoms with van der Waals surface area (Å²) in [5, 5.41) is 11.1. The van der Waals surface area contributed by atoms with E-state index in [1.54, 1.807) is 6.20 Å². The molecule has 2 heterocycles. The highest BCUT2D eigenvalue weighted by Gasteiger charge is 2.19. The Bertz CT molecular complexity index is 426. The second-order valence-corrected chi connectivity index (χ2v) is 5.79. The number of nitrogens with one attached hydrogen (secondary N) is 2. The summed E-state index contributed by atoms with van der Waals surface area (Å²) in [5.41, 5.74) is 0. The van der Waals surface area contributed by atoms with E-state index in [1.165, 1.54) is 38.9 Å². The molecule has 0 spiro atoms. The van der Waals surface area contributed by atoms with Crippen LogP contribution in [0.1, 0.15) is 33.1 Å². The molecule has 0 atom stereocenters. The van der Waals surface area contributed by atoms with Gasteiger partial charge in [0.05, 0.1) is 13.1 Å². The summed E-state index contributed by atoms with van der Waals surface area (Å²) in [6.45, 7) is 10.4. The SMILES string of the molecule is CCCN1CCC(NC(=NCCn2cccn2)NCC)CC1.I. The largest absolute Gasteiger partial charge is 0.357 e. The van der Waals surface area contributed by atoms with Crippen molar-refractivity contribution in [3.8, 4) is 0 Å². The minimum Gasteiger partial charge on any atom is -0.357 e. The fraction of sp³-hybridized carbons (Fsp3) is 0.750. The van der Waals surface area contributed by atoms with Crippen molar-refractivity contribution in [2.75, 3.05) is 32.7 Å². The molecule has 0 amide bonds. The van der Waals surface area contributed by atoms with Gasteiger partial charge in [0.2, 0.25) is 0 Å². The molecule has 2 rings (SSSR count). The fourth-order valence-electron chi connectivity index (χ4n) is 2.83. The molecule has 1 aliphatic heterocycles. The second-order valence-electron chi connectivity index (χ2n) is 5.79. The van der Waals surface area contributed by atoms with Gasteiger partial charge in [-0.2, -0.15) is 5.10 Å². The van der Waals surface area contributed by atoms with Crippen LogP contribution in [-0.4, -0.2) is 59.4 Å². The van der Waals surface area contributed by atoms with Crippen LogP contribution in [0.4, 0.5) is 0 Å². The molecule has 0 aliphatic carbocycles.